The number of nitrogens with one attached hydrogen (secondary N) is 2. The number of carbonyl (C=O) groups excluding carboxylic acids is 1. The van der Waals surface area contributed by atoms with Crippen molar-refractivity contribution in [3.63, 3.8) is 0 Å². The van der Waals surface area contributed by atoms with Gasteiger partial charge in [-0.05, 0) is 73.8 Å². The standard InChI is InChI=1S/C29H36N4O3/c1-29(2,3)24-10-5-6-12-26(24)36-27-25(11-9-17-30-27)32-28(34)31-22-13-15-23(16-14-22)35-21-20-33-18-7-4-8-19-33/h5-6,9-17H,4,7-8,18-21H2,1-3H3,(H2,31,32,34). The number of ether oxygens (including phenoxy) is 2. The predicted octanol–water partition coefficient (Wildman–Crippen LogP) is 6.68. The zero-order valence-electron chi connectivity index (χ0n) is 21.4. The average molecular weight is 489 g/mol. The number of pyridine rings is 1. The van der Waals surface area contributed by atoms with Crippen molar-refractivity contribution < 1.29 is 14.3 Å². The van der Waals surface area contributed by atoms with Crippen LogP contribution in [0.15, 0.2) is 66.9 Å². The fourth-order valence-corrected chi connectivity index (χ4v) is 4.24. The minimum absolute atomic E-state index is 0.0975. The molecule has 0 spiro atoms. The normalized spacial score (nSPS) is 14.2. The third kappa shape index (κ3) is 7.21. The molecule has 0 bridgehead atoms. The van der Waals surface area contributed by atoms with Crippen molar-refractivity contribution in [1.82, 2.24) is 9.88 Å². The summed E-state index contributed by atoms with van der Waals surface area (Å²) in [5.41, 5.74) is 2.11. The van der Waals surface area contributed by atoms with Crippen LogP contribution in [0.3, 0.4) is 0 Å². The van der Waals surface area contributed by atoms with Gasteiger partial charge in [0.2, 0.25) is 5.88 Å². The van der Waals surface area contributed by atoms with Crippen LogP contribution in [0.5, 0.6) is 17.4 Å². The number of aromatic nitrogens is 1. The van der Waals surface area contributed by atoms with E-state index in [2.05, 4.69) is 41.3 Å². The number of rotatable bonds is 8. The number of likely N-dealkylation sites (tertiary alicyclic amines) is 1. The number of para-hydroxylation sites is 1. The molecular formula is C29H36N4O3. The molecular weight excluding hydrogens is 452 g/mol. The molecule has 0 aliphatic carbocycles. The number of urea groups is 1. The second-order valence-electron chi connectivity index (χ2n) is 10.1. The van der Waals surface area contributed by atoms with Crippen molar-refractivity contribution in [2.75, 3.05) is 36.9 Å². The van der Waals surface area contributed by atoms with Crippen LogP contribution in [0.2, 0.25) is 0 Å². The molecule has 0 saturated carbocycles. The predicted molar refractivity (Wildman–Crippen MR) is 144 cm³/mol. The lowest BCUT2D eigenvalue weighted by Gasteiger charge is -2.26. The van der Waals surface area contributed by atoms with E-state index in [0.29, 0.717) is 29.6 Å². The Hall–Kier alpha value is -3.58. The Balaban J connectivity index is 1.32. The van der Waals surface area contributed by atoms with E-state index in [4.69, 9.17) is 9.47 Å². The summed E-state index contributed by atoms with van der Waals surface area (Å²) >= 11 is 0. The molecule has 0 radical (unpaired) electrons. The molecule has 2 N–H and O–H groups in total. The Morgan fingerprint density at radius 2 is 1.69 bits per heavy atom. The number of benzene rings is 2. The van der Waals surface area contributed by atoms with E-state index in [1.807, 2.05) is 48.5 Å². The molecule has 4 rings (SSSR count). The van der Waals surface area contributed by atoms with Crippen LogP contribution >= 0.6 is 0 Å². The topological polar surface area (TPSA) is 75.7 Å². The Bertz CT molecular complexity index is 1140. The third-order valence-corrected chi connectivity index (χ3v) is 6.16. The zero-order chi connectivity index (χ0) is 25.4. The van der Waals surface area contributed by atoms with Gasteiger partial charge in [0.05, 0.1) is 0 Å². The van der Waals surface area contributed by atoms with Gasteiger partial charge in [-0.25, -0.2) is 9.78 Å². The van der Waals surface area contributed by atoms with Gasteiger partial charge in [-0.15, -0.1) is 0 Å². The summed E-state index contributed by atoms with van der Waals surface area (Å²) < 4.78 is 12.0. The molecule has 3 aromatic rings. The van der Waals surface area contributed by atoms with Gasteiger partial charge in [-0.3, -0.25) is 4.90 Å². The summed E-state index contributed by atoms with van der Waals surface area (Å²) in [6, 6.07) is 18.4. The molecule has 2 heterocycles. The molecule has 7 heteroatoms. The van der Waals surface area contributed by atoms with Gasteiger partial charge in [0.25, 0.3) is 0 Å². The molecule has 190 valence electrons. The molecule has 1 aliphatic rings. The fourth-order valence-electron chi connectivity index (χ4n) is 4.24. The second kappa shape index (κ2) is 11.9. The number of amides is 2. The van der Waals surface area contributed by atoms with Gasteiger partial charge in [0.1, 0.15) is 23.8 Å². The summed E-state index contributed by atoms with van der Waals surface area (Å²) in [5, 5.41) is 5.70. The van der Waals surface area contributed by atoms with Gasteiger partial charge in [-0.1, -0.05) is 45.4 Å². The van der Waals surface area contributed by atoms with Crippen molar-refractivity contribution in [3.05, 3.63) is 72.4 Å². The fraction of sp³-hybridized carbons (Fsp3) is 0.379. The van der Waals surface area contributed by atoms with Crippen molar-refractivity contribution in [2.24, 2.45) is 0 Å². The highest BCUT2D eigenvalue weighted by molar-refractivity contribution is 6.00. The summed E-state index contributed by atoms with van der Waals surface area (Å²) in [5.74, 6) is 1.84. The SMILES string of the molecule is CC(C)(C)c1ccccc1Oc1ncccc1NC(=O)Nc1ccc(OCCN2CCCCC2)cc1. The highest BCUT2D eigenvalue weighted by Gasteiger charge is 2.20. The molecule has 0 unspecified atom stereocenters. The average Bonchev–Trinajstić information content (AvgIpc) is 2.87. The van der Waals surface area contributed by atoms with Crippen molar-refractivity contribution >= 4 is 17.4 Å². The van der Waals surface area contributed by atoms with Gasteiger partial charge in [-0.2, -0.15) is 0 Å². The first-order valence-electron chi connectivity index (χ1n) is 12.6. The number of piperidine rings is 1. The Morgan fingerprint density at radius 1 is 0.944 bits per heavy atom. The smallest absolute Gasteiger partial charge is 0.323 e. The first kappa shape index (κ1) is 25.5. The maximum Gasteiger partial charge on any atom is 0.323 e. The number of anilines is 2. The van der Waals surface area contributed by atoms with Crippen LogP contribution in [-0.2, 0) is 5.41 Å². The van der Waals surface area contributed by atoms with Crippen molar-refractivity contribution in [1.29, 1.82) is 0 Å². The summed E-state index contributed by atoms with van der Waals surface area (Å²) in [6.07, 6.45) is 5.53. The summed E-state index contributed by atoms with van der Waals surface area (Å²) in [4.78, 5) is 19.5. The second-order valence-corrected chi connectivity index (χ2v) is 10.1. The number of hydrogen-bond donors (Lipinski definition) is 2. The molecule has 7 nitrogen and oxygen atoms in total. The molecule has 36 heavy (non-hydrogen) atoms. The third-order valence-electron chi connectivity index (χ3n) is 6.16. The summed E-state index contributed by atoms with van der Waals surface area (Å²) in [6.45, 7) is 10.3. The Labute approximate surface area is 213 Å². The first-order chi connectivity index (χ1) is 17.4. The van der Waals surface area contributed by atoms with E-state index in [-0.39, 0.29) is 11.4 Å². The van der Waals surface area contributed by atoms with Crippen LogP contribution in [0.4, 0.5) is 16.2 Å². The maximum atomic E-state index is 12.7. The minimum atomic E-state index is -0.379. The monoisotopic (exact) mass is 488 g/mol. The van der Waals surface area contributed by atoms with Gasteiger partial charge >= 0.3 is 6.03 Å². The first-order valence-corrected chi connectivity index (χ1v) is 12.6. The van der Waals surface area contributed by atoms with Gasteiger partial charge < -0.3 is 20.1 Å². The largest absolute Gasteiger partial charge is 0.492 e. The quantitative estimate of drug-likeness (QED) is 0.370. The Morgan fingerprint density at radius 3 is 2.44 bits per heavy atom. The molecule has 2 amide bonds. The van der Waals surface area contributed by atoms with Crippen molar-refractivity contribution in [3.8, 4) is 17.4 Å². The lowest BCUT2D eigenvalue weighted by Crippen LogP contribution is -2.33. The molecule has 0 atom stereocenters. The number of carbonyl (C=O) groups is 1. The maximum absolute atomic E-state index is 12.7. The van der Waals surface area contributed by atoms with Crippen molar-refractivity contribution in [2.45, 2.75) is 45.4 Å². The number of nitrogens with zero attached hydrogens (tertiary/aromatic N) is 2. The number of hydrogen-bond acceptors (Lipinski definition) is 5. The minimum Gasteiger partial charge on any atom is -0.492 e. The van der Waals surface area contributed by atoms with E-state index < -0.39 is 0 Å². The Kier molecular flexibility index (Phi) is 8.44. The molecule has 1 aliphatic heterocycles. The van der Waals surface area contributed by atoms with Crippen LogP contribution in [0.1, 0.15) is 45.6 Å². The zero-order valence-corrected chi connectivity index (χ0v) is 21.4. The van der Waals surface area contributed by atoms with E-state index >= 15 is 0 Å². The van der Waals surface area contributed by atoms with Crippen LogP contribution in [-0.4, -0.2) is 42.2 Å². The van der Waals surface area contributed by atoms with E-state index in [1.165, 1.54) is 19.3 Å². The van der Waals surface area contributed by atoms with Crippen LogP contribution in [0, 0.1) is 0 Å². The lowest BCUT2D eigenvalue weighted by molar-refractivity contribution is 0.183. The van der Waals surface area contributed by atoms with E-state index in [1.54, 1.807) is 18.3 Å². The van der Waals surface area contributed by atoms with Crippen LogP contribution in [0.25, 0.3) is 0 Å². The van der Waals surface area contributed by atoms with Gasteiger partial charge in [0, 0.05) is 24.0 Å². The van der Waals surface area contributed by atoms with Crippen LogP contribution < -0.4 is 20.1 Å². The van der Waals surface area contributed by atoms with E-state index in [9.17, 15) is 4.79 Å². The lowest BCUT2D eigenvalue weighted by atomic mass is 9.86. The highest BCUT2D eigenvalue weighted by atomic mass is 16.5. The van der Waals surface area contributed by atoms with Gasteiger partial charge in [0.15, 0.2) is 0 Å². The molecule has 1 fully saturated rings. The molecule has 1 aromatic heterocycles. The molecule has 1 saturated heterocycles. The molecule has 2 aromatic carbocycles. The highest BCUT2D eigenvalue weighted by Crippen LogP contribution is 2.35. The van der Waals surface area contributed by atoms with E-state index in [0.717, 1.165) is 30.9 Å². The summed E-state index contributed by atoms with van der Waals surface area (Å²) in [7, 11) is 0.